The molecule has 0 fully saturated rings. The molecule has 4 aromatic carbocycles. The summed E-state index contributed by atoms with van der Waals surface area (Å²) in [5.41, 5.74) is 3.64. The highest BCUT2D eigenvalue weighted by Crippen LogP contribution is 2.25. The Morgan fingerprint density at radius 2 is 1.50 bits per heavy atom. The first kappa shape index (κ1) is 32.0. The molecule has 0 heterocycles. The largest absolute Gasteiger partial charge is 0.478 e. The summed E-state index contributed by atoms with van der Waals surface area (Å²) in [6, 6.07) is 33.1. The summed E-state index contributed by atoms with van der Waals surface area (Å²) in [5, 5.41) is 24.6. The molecule has 4 rings (SSSR count). The molecule has 0 radical (unpaired) electrons. The van der Waals surface area contributed by atoms with E-state index >= 15 is 0 Å². The molecule has 2 amide bonds. The Balaban J connectivity index is 1.46. The maximum atomic E-state index is 13.9. The van der Waals surface area contributed by atoms with Gasteiger partial charge in [0.2, 0.25) is 11.8 Å². The normalized spacial score (nSPS) is 12.1. The van der Waals surface area contributed by atoms with Crippen LogP contribution in [0, 0.1) is 18.3 Å². The van der Waals surface area contributed by atoms with Gasteiger partial charge in [-0.2, -0.15) is 5.26 Å². The number of hydrogen-bond acceptors (Lipinski definition) is 6. The first-order valence-corrected chi connectivity index (χ1v) is 15.0. The average molecular weight is 608 g/mol. The highest BCUT2D eigenvalue weighted by atomic mass is 32.2. The maximum Gasteiger partial charge on any atom is 0.335 e. The average Bonchev–Trinajstić information content (AvgIpc) is 3.03. The fourth-order valence-corrected chi connectivity index (χ4v) is 5.40. The second kappa shape index (κ2) is 16.1. The number of nitrogens with one attached hydrogen (secondary N) is 2. The molecule has 0 aliphatic rings. The SMILES string of the molecule is Cc1cccc(C[C@H](NC(=O)C(c2ccccc2)c2ccccc2)C(=O)N[C@@H](C#N)COCSc2cccc(C(=O)O)c2)c1. The van der Waals surface area contributed by atoms with E-state index in [0.717, 1.165) is 22.3 Å². The Kier molecular flexibility index (Phi) is 11.7. The van der Waals surface area contributed by atoms with E-state index in [2.05, 4.69) is 16.7 Å². The van der Waals surface area contributed by atoms with Gasteiger partial charge in [-0.05, 0) is 41.8 Å². The minimum Gasteiger partial charge on any atom is -0.478 e. The predicted molar refractivity (Wildman–Crippen MR) is 169 cm³/mol. The molecule has 4 aromatic rings. The predicted octanol–water partition coefficient (Wildman–Crippen LogP) is 5.33. The van der Waals surface area contributed by atoms with Gasteiger partial charge in [0.15, 0.2) is 0 Å². The summed E-state index contributed by atoms with van der Waals surface area (Å²) in [6.45, 7) is 1.87. The molecule has 0 bridgehead atoms. The standard InChI is InChI=1S/C35H33N3O5S/c1-24-10-8-11-25(18-24)19-31(38-34(40)32(26-12-4-2-5-13-26)27-14-6-3-7-15-27)33(39)37-29(21-36)22-43-23-44-30-17-9-16-28(20-30)35(41)42/h2-18,20,29,31-32H,19,22-23H2,1H3,(H,37,39)(H,38,40)(H,41,42)/t29-,31-/m0/s1. The summed E-state index contributed by atoms with van der Waals surface area (Å²) in [4.78, 5) is 39.4. The summed E-state index contributed by atoms with van der Waals surface area (Å²) >= 11 is 1.28. The van der Waals surface area contributed by atoms with Gasteiger partial charge < -0.3 is 20.5 Å². The molecule has 44 heavy (non-hydrogen) atoms. The van der Waals surface area contributed by atoms with Crippen LogP contribution in [-0.2, 0) is 20.7 Å². The highest BCUT2D eigenvalue weighted by molar-refractivity contribution is 7.99. The molecule has 0 unspecified atom stereocenters. The van der Waals surface area contributed by atoms with Gasteiger partial charge >= 0.3 is 5.97 Å². The van der Waals surface area contributed by atoms with Crippen LogP contribution in [0.5, 0.6) is 0 Å². The zero-order valence-corrected chi connectivity index (χ0v) is 25.0. The van der Waals surface area contributed by atoms with Crippen molar-refractivity contribution in [2.75, 3.05) is 12.5 Å². The molecule has 0 spiro atoms. The molecule has 0 aliphatic carbocycles. The zero-order chi connectivity index (χ0) is 31.3. The first-order chi connectivity index (χ1) is 21.3. The number of hydrogen-bond donors (Lipinski definition) is 3. The van der Waals surface area contributed by atoms with E-state index in [1.165, 1.54) is 23.9 Å². The van der Waals surface area contributed by atoms with Crippen molar-refractivity contribution in [3.05, 3.63) is 137 Å². The van der Waals surface area contributed by atoms with Crippen LogP contribution in [0.15, 0.2) is 114 Å². The zero-order valence-electron chi connectivity index (χ0n) is 24.2. The topological polar surface area (TPSA) is 129 Å². The molecular weight excluding hydrogens is 574 g/mol. The van der Waals surface area contributed by atoms with E-state index in [1.807, 2.05) is 91.9 Å². The van der Waals surface area contributed by atoms with Crippen LogP contribution in [0.25, 0.3) is 0 Å². The number of benzene rings is 4. The maximum absolute atomic E-state index is 13.9. The monoisotopic (exact) mass is 607 g/mol. The highest BCUT2D eigenvalue weighted by Gasteiger charge is 2.29. The number of amides is 2. The van der Waals surface area contributed by atoms with Crippen LogP contribution < -0.4 is 10.6 Å². The number of ether oxygens (including phenoxy) is 1. The van der Waals surface area contributed by atoms with Crippen LogP contribution in [0.3, 0.4) is 0 Å². The number of carboxylic acids is 1. The second-order valence-corrected chi connectivity index (χ2v) is 11.2. The van der Waals surface area contributed by atoms with E-state index in [0.29, 0.717) is 4.90 Å². The van der Waals surface area contributed by atoms with Crippen molar-refractivity contribution in [3.63, 3.8) is 0 Å². The molecule has 0 saturated heterocycles. The van der Waals surface area contributed by atoms with Gasteiger partial charge in [-0.1, -0.05) is 108 Å². The molecule has 8 nitrogen and oxygen atoms in total. The minimum absolute atomic E-state index is 0.0877. The number of thioether (sulfide) groups is 1. The number of aromatic carboxylic acids is 1. The van der Waals surface area contributed by atoms with E-state index in [-0.39, 0.29) is 30.4 Å². The van der Waals surface area contributed by atoms with E-state index in [4.69, 9.17) is 4.74 Å². The third kappa shape index (κ3) is 9.30. The number of carboxylic acid groups (broad SMARTS) is 1. The van der Waals surface area contributed by atoms with Gasteiger partial charge in [0.1, 0.15) is 12.1 Å². The molecular formula is C35H33N3O5S. The molecule has 3 N–H and O–H groups in total. The lowest BCUT2D eigenvalue weighted by Gasteiger charge is -2.24. The molecule has 0 aromatic heterocycles. The Morgan fingerprint density at radius 3 is 2.11 bits per heavy atom. The summed E-state index contributed by atoms with van der Waals surface area (Å²) in [5.74, 6) is -2.35. The van der Waals surface area contributed by atoms with Gasteiger partial charge in [0, 0.05) is 11.3 Å². The third-order valence-electron chi connectivity index (χ3n) is 6.83. The van der Waals surface area contributed by atoms with Gasteiger partial charge in [-0.3, -0.25) is 9.59 Å². The number of nitrogens with zero attached hydrogens (tertiary/aromatic N) is 1. The summed E-state index contributed by atoms with van der Waals surface area (Å²) < 4.78 is 5.63. The third-order valence-corrected chi connectivity index (χ3v) is 7.70. The van der Waals surface area contributed by atoms with Crippen molar-refractivity contribution < 1.29 is 24.2 Å². The number of carbonyl (C=O) groups is 3. The summed E-state index contributed by atoms with van der Waals surface area (Å²) in [6.07, 6.45) is 0.227. The quantitative estimate of drug-likeness (QED) is 0.100. The number of aryl methyl sites for hydroxylation is 1. The van der Waals surface area contributed by atoms with Crippen molar-refractivity contribution in [3.8, 4) is 6.07 Å². The van der Waals surface area contributed by atoms with Crippen LogP contribution in [0.4, 0.5) is 0 Å². The number of nitriles is 1. The number of rotatable bonds is 14. The lowest BCUT2D eigenvalue weighted by atomic mass is 9.90. The van der Waals surface area contributed by atoms with Gasteiger partial charge in [0.05, 0.1) is 30.1 Å². The van der Waals surface area contributed by atoms with Crippen LogP contribution in [0.1, 0.15) is 38.5 Å². The van der Waals surface area contributed by atoms with E-state index in [9.17, 15) is 24.8 Å². The Labute approximate surface area is 261 Å². The van der Waals surface area contributed by atoms with Crippen molar-refractivity contribution in [2.45, 2.75) is 36.2 Å². The lowest BCUT2D eigenvalue weighted by Crippen LogP contribution is -2.52. The molecule has 0 saturated carbocycles. The fourth-order valence-electron chi connectivity index (χ4n) is 4.70. The Morgan fingerprint density at radius 1 is 0.841 bits per heavy atom. The number of carbonyl (C=O) groups excluding carboxylic acids is 2. The molecule has 9 heteroatoms. The van der Waals surface area contributed by atoms with Gasteiger partial charge in [0.25, 0.3) is 0 Å². The van der Waals surface area contributed by atoms with E-state index < -0.39 is 29.9 Å². The second-order valence-electron chi connectivity index (χ2n) is 10.2. The van der Waals surface area contributed by atoms with Crippen LogP contribution in [0.2, 0.25) is 0 Å². The lowest BCUT2D eigenvalue weighted by molar-refractivity contribution is -0.129. The van der Waals surface area contributed by atoms with Crippen molar-refractivity contribution in [2.24, 2.45) is 0 Å². The minimum atomic E-state index is -1.02. The smallest absolute Gasteiger partial charge is 0.335 e. The van der Waals surface area contributed by atoms with Gasteiger partial charge in [-0.15, -0.1) is 0 Å². The summed E-state index contributed by atoms with van der Waals surface area (Å²) in [7, 11) is 0. The van der Waals surface area contributed by atoms with Crippen molar-refractivity contribution >= 4 is 29.5 Å². The first-order valence-electron chi connectivity index (χ1n) is 14.0. The van der Waals surface area contributed by atoms with Crippen LogP contribution in [-0.4, -0.2) is 47.5 Å². The van der Waals surface area contributed by atoms with E-state index in [1.54, 1.807) is 12.1 Å². The Bertz CT molecular complexity index is 1570. The van der Waals surface area contributed by atoms with Crippen LogP contribution >= 0.6 is 11.8 Å². The van der Waals surface area contributed by atoms with Crippen molar-refractivity contribution in [1.82, 2.24) is 10.6 Å². The van der Waals surface area contributed by atoms with Gasteiger partial charge in [-0.25, -0.2) is 4.79 Å². The molecule has 224 valence electrons. The molecule has 2 atom stereocenters. The van der Waals surface area contributed by atoms with Crippen molar-refractivity contribution in [1.29, 1.82) is 5.26 Å². The Hall–Kier alpha value is -4.91. The fraction of sp³-hybridized carbons (Fsp3) is 0.200. The molecule has 0 aliphatic heterocycles.